The lowest BCUT2D eigenvalue weighted by Gasteiger charge is -2.16. The average molecular weight is 311 g/mol. The summed E-state index contributed by atoms with van der Waals surface area (Å²) in [5.74, 6) is 0.400. The summed E-state index contributed by atoms with van der Waals surface area (Å²) in [6.07, 6.45) is 3.49. The minimum absolute atomic E-state index is 0.147. The number of carboxylic acids is 1. The van der Waals surface area contributed by atoms with Gasteiger partial charge in [-0.15, -0.1) is 0 Å². The maximum atomic E-state index is 10.9. The van der Waals surface area contributed by atoms with Gasteiger partial charge in [0.05, 0.1) is 12.5 Å². The van der Waals surface area contributed by atoms with E-state index < -0.39 is 5.97 Å². The number of aryl methyl sites for hydroxylation is 1. The van der Waals surface area contributed by atoms with Gasteiger partial charge >= 0.3 is 5.97 Å². The number of benzene rings is 1. The first-order valence-electron chi connectivity index (χ1n) is 7.59. The van der Waals surface area contributed by atoms with Crippen LogP contribution in [-0.4, -0.2) is 17.7 Å². The van der Waals surface area contributed by atoms with Crippen LogP contribution in [-0.2, 0) is 11.2 Å². The first-order valence-corrected chi connectivity index (χ1v) is 7.97. The molecule has 4 heteroatoms. The van der Waals surface area contributed by atoms with Gasteiger partial charge in [0.15, 0.2) is 0 Å². The van der Waals surface area contributed by atoms with E-state index in [1.807, 2.05) is 19.9 Å². The van der Waals surface area contributed by atoms with E-state index in [9.17, 15) is 4.79 Å². The molecular weight excluding hydrogens is 288 g/mol. The maximum Gasteiger partial charge on any atom is 0.306 e. The number of hydrogen-bond acceptors (Lipinski definition) is 2. The van der Waals surface area contributed by atoms with E-state index in [0.717, 1.165) is 53.1 Å². The Hall–Kier alpha value is -1.22. The molecule has 0 saturated heterocycles. The molecule has 0 heterocycles. The van der Waals surface area contributed by atoms with Crippen molar-refractivity contribution in [1.82, 2.24) is 0 Å². The van der Waals surface area contributed by atoms with E-state index in [1.54, 1.807) is 0 Å². The quantitative estimate of drug-likeness (QED) is 0.812. The van der Waals surface area contributed by atoms with E-state index >= 15 is 0 Å². The molecule has 1 aromatic carbocycles. The summed E-state index contributed by atoms with van der Waals surface area (Å²) >= 11 is 6.35. The second-order valence-corrected chi connectivity index (χ2v) is 6.31. The molecule has 0 bridgehead atoms. The molecular formula is C17H23ClO3. The summed E-state index contributed by atoms with van der Waals surface area (Å²) < 4.78 is 5.85. The predicted octanol–water partition coefficient (Wildman–Crippen LogP) is 4.40. The SMILES string of the molecule is CCCOc1cc(C)c(Cl)c(C)c1CCC1CC1C(=O)O. The van der Waals surface area contributed by atoms with E-state index in [1.165, 1.54) is 0 Å². The van der Waals surface area contributed by atoms with Gasteiger partial charge in [0.1, 0.15) is 5.75 Å². The Labute approximate surface area is 131 Å². The van der Waals surface area contributed by atoms with Gasteiger partial charge in [-0.3, -0.25) is 4.79 Å². The molecule has 1 aliphatic rings. The number of rotatable bonds is 7. The number of ether oxygens (including phenoxy) is 1. The Balaban J connectivity index is 2.12. The molecule has 1 aliphatic carbocycles. The van der Waals surface area contributed by atoms with Crippen molar-refractivity contribution in [3.05, 3.63) is 27.8 Å². The van der Waals surface area contributed by atoms with Crippen LogP contribution in [0.3, 0.4) is 0 Å². The highest BCUT2D eigenvalue weighted by Crippen LogP contribution is 2.43. The van der Waals surface area contributed by atoms with Crippen LogP contribution in [0.1, 0.15) is 42.9 Å². The predicted molar refractivity (Wildman–Crippen MR) is 84.3 cm³/mol. The minimum Gasteiger partial charge on any atom is -0.493 e. The second kappa shape index (κ2) is 6.69. The third-order valence-corrected chi connectivity index (χ3v) is 4.82. The molecule has 1 saturated carbocycles. The summed E-state index contributed by atoms with van der Waals surface area (Å²) in [6.45, 7) is 6.77. The van der Waals surface area contributed by atoms with Crippen molar-refractivity contribution in [1.29, 1.82) is 0 Å². The third-order valence-electron chi connectivity index (χ3n) is 4.24. The fourth-order valence-electron chi connectivity index (χ4n) is 2.81. The van der Waals surface area contributed by atoms with Crippen LogP contribution < -0.4 is 4.74 Å². The molecule has 0 spiro atoms. The topological polar surface area (TPSA) is 46.5 Å². The Morgan fingerprint density at radius 1 is 1.48 bits per heavy atom. The molecule has 116 valence electrons. The van der Waals surface area contributed by atoms with Gasteiger partial charge in [-0.05, 0) is 68.2 Å². The lowest BCUT2D eigenvalue weighted by molar-refractivity contribution is -0.138. The van der Waals surface area contributed by atoms with Crippen LogP contribution in [0.2, 0.25) is 5.02 Å². The molecule has 1 aromatic rings. The zero-order chi connectivity index (χ0) is 15.6. The molecule has 1 fully saturated rings. The third kappa shape index (κ3) is 3.70. The van der Waals surface area contributed by atoms with E-state index in [4.69, 9.17) is 21.4 Å². The molecule has 2 unspecified atom stereocenters. The summed E-state index contributed by atoms with van der Waals surface area (Å²) in [5.41, 5.74) is 3.23. The van der Waals surface area contributed by atoms with Crippen molar-refractivity contribution in [3.63, 3.8) is 0 Å². The zero-order valence-corrected chi connectivity index (χ0v) is 13.7. The van der Waals surface area contributed by atoms with E-state index in [-0.39, 0.29) is 5.92 Å². The van der Waals surface area contributed by atoms with Gasteiger partial charge in [-0.1, -0.05) is 18.5 Å². The average Bonchev–Trinajstić information content (AvgIpc) is 3.21. The van der Waals surface area contributed by atoms with Gasteiger partial charge in [0.25, 0.3) is 0 Å². The van der Waals surface area contributed by atoms with Crippen molar-refractivity contribution in [2.24, 2.45) is 11.8 Å². The number of aliphatic carboxylic acids is 1. The lowest BCUT2D eigenvalue weighted by atomic mass is 9.98. The number of carbonyl (C=O) groups is 1. The van der Waals surface area contributed by atoms with E-state index in [0.29, 0.717) is 12.5 Å². The Kier molecular flexibility index (Phi) is 5.15. The largest absolute Gasteiger partial charge is 0.493 e. The first-order chi connectivity index (χ1) is 9.95. The minimum atomic E-state index is -0.666. The van der Waals surface area contributed by atoms with Crippen LogP contribution in [0.15, 0.2) is 6.07 Å². The summed E-state index contributed by atoms with van der Waals surface area (Å²) in [4.78, 5) is 10.9. The molecule has 1 N–H and O–H groups in total. The van der Waals surface area contributed by atoms with Gasteiger partial charge in [0, 0.05) is 5.02 Å². The van der Waals surface area contributed by atoms with Crippen molar-refractivity contribution in [3.8, 4) is 5.75 Å². The first kappa shape index (κ1) is 16.2. The molecule has 2 rings (SSSR count). The van der Waals surface area contributed by atoms with Crippen LogP contribution in [0.4, 0.5) is 0 Å². The van der Waals surface area contributed by atoms with Crippen molar-refractivity contribution in [2.45, 2.75) is 46.5 Å². The fourth-order valence-corrected chi connectivity index (χ4v) is 2.98. The molecule has 0 aromatic heterocycles. The highest BCUT2D eigenvalue weighted by atomic mass is 35.5. The standard InChI is InChI=1S/C17H23ClO3/c1-4-7-21-15-8-10(2)16(18)11(3)13(15)6-5-12-9-14(12)17(19)20/h8,12,14H,4-7,9H2,1-3H3,(H,19,20). The molecule has 2 atom stereocenters. The van der Waals surface area contributed by atoms with Crippen LogP contribution >= 0.6 is 11.6 Å². The fraction of sp³-hybridized carbons (Fsp3) is 0.588. The normalized spacial score (nSPS) is 20.4. The van der Waals surface area contributed by atoms with Crippen molar-refractivity contribution in [2.75, 3.05) is 6.61 Å². The maximum absolute atomic E-state index is 10.9. The Bertz CT molecular complexity index is 539. The Morgan fingerprint density at radius 2 is 2.19 bits per heavy atom. The summed E-state index contributed by atoms with van der Waals surface area (Å²) in [5, 5.41) is 9.77. The molecule has 21 heavy (non-hydrogen) atoms. The van der Waals surface area contributed by atoms with Crippen LogP contribution in [0.5, 0.6) is 5.75 Å². The van der Waals surface area contributed by atoms with Crippen LogP contribution in [0, 0.1) is 25.7 Å². The van der Waals surface area contributed by atoms with Gasteiger partial charge in [0.2, 0.25) is 0 Å². The molecule has 0 radical (unpaired) electrons. The van der Waals surface area contributed by atoms with Crippen LogP contribution in [0.25, 0.3) is 0 Å². The smallest absolute Gasteiger partial charge is 0.306 e. The summed E-state index contributed by atoms with van der Waals surface area (Å²) in [6, 6.07) is 2.00. The van der Waals surface area contributed by atoms with Gasteiger partial charge in [-0.2, -0.15) is 0 Å². The highest BCUT2D eigenvalue weighted by Gasteiger charge is 2.42. The lowest BCUT2D eigenvalue weighted by Crippen LogP contribution is -2.04. The number of halogens is 1. The van der Waals surface area contributed by atoms with Gasteiger partial charge < -0.3 is 9.84 Å². The van der Waals surface area contributed by atoms with Gasteiger partial charge in [-0.25, -0.2) is 0 Å². The number of carboxylic acid groups (broad SMARTS) is 1. The number of hydrogen-bond donors (Lipinski definition) is 1. The van der Waals surface area contributed by atoms with Crippen molar-refractivity contribution < 1.29 is 14.6 Å². The summed E-state index contributed by atoms with van der Waals surface area (Å²) in [7, 11) is 0. The Morgan fingerprint density at radius 3 is 2.76 bits per heavy atom. The highest BCUT2D eigenvalue weighted by molar-refractivity contribution is 6.32. The van der Waals surface area contributed by atoms with E-state index in [2.05, 4.69) is 6.92 Å². The van der Waals surface area contributed by atoms with Crippen molar-refractivity contribution >= 4 is 17.6 Å². The zero-order valence-electron chi connectivity index (χ0n) is 12.9. The monoisotopic (exact) mass is 310 g/mol. The molecule has 3 nitrogen and oxygen atoms in total. The second-order valence-electron chi connectivity index (χ2n) is 5.94. The molecule has 0 aliphatic heterocycles. The molecule has 0 amide bonds.